The summed E-state index contributed by atoms with van der Waals surface area (Å²) in [6, 6.07) is 18.7. The van der Waals surface area contributed by atoms with Crippen LogP contribution in [0.25, 0.3) is 16.8 Å². The lowest BCUT2D eigenvalue weighted by Crippen LogP contribution is -2.29. The molecule has 5 rings (SSSR count). The van der Waals surface area contributed by atoms with Gasteiger partial charge in [-0.2, -0.15) is 30.4 Å². The van der Waals surface area contributed by atoms with Crippen molar-refractivity contribution in [2.24, 2.45) is 10.2 Å². The quantitative estimate of drug-likeness (QED) is 0.140. The van der Waals surface area contributed by atoms with Gasteiger partial charge >= 0.3 is 0 Å². The Morgan fingerprint density at radius 1 is 0.762 bits per heavy atom. The minimum atomic E-state index is -4.88. The molecule has 42 heavy (non-hydrogen) atoms. The van der Waals surface area contributed by atoms with Crippen LogP contribution in [-0.2, 0) is 36.1 Å². The highest BCUT2D eigenvalue weighted by Crippen LogP contribution is 2.43. The largest absolute Gasteiger partial charge is 0.364 e. The molecule has 1 atom stereocenters. The standard InChI is InChI=1S/C26H21N3O10S3/c30-26(15-19(41(34,35)36)14-16-13-18(40(31,32)33)9-10-21(16)26)29-28-22-11-12-23(27-17-5-2-1-3-6-17)25-20(22)7-4-8-24(25)42(37,38)39/h1-14,27,30H,15H2,(H,31,32,33)(H,34,35,36)(H,37,38,39). The van der Waals surface area contributed by atoms with Crippen LogP contribution >= 0.6 is 0 Å². The van der Waals surface area contributed by atoms with E-state index in [1.165, 1.54) is 30.3 Å². The minimum absolute atomic E-state index is 0.0154. The molecule has 16 heteroatoms. The van der Waals surface area contributed by atoms with Crippen molar-refractivity contribution in [2.45, 2.75) is 21.9 Å². The lowest BCUT2D eigenvalue weighted by Gasteiger charge is -2.29. The van der Waals surface area contributed by atoms with Crippen molar-refractivity contribution < 1.29 is 44.0 Å². The van der Waals surface area contributed by atoms with Gasteiger partial charge in [0, 0.05) is 34.1 Å². The number of para-hydroxylation sites is 1. The molecule has 0 amide bonds. The zero-order valence-electron chi connectivity index (χ0n) is 21.1. The van der Waals surface area contributed by atoms with E-state index in [0.29, 0.717) is 11.4 Å². The number of azo groups is 1. The van der Waals surface area contributed by atoms with E-state index in [-0.39, 0.29) is 27.6 Å². The fraction of sp³-hybridized carbons (Fsp3) is 0.0769. The Hall–Kier alpha value is -4.03. The highest BCUT2D eigenvalue weighted by Gasteiger charge is 2.40. The van der Waals surface area contributed by atoms with Crippen LogP contribution in [0.15, 0.2) is 104 Å². The predicted molar refractivity (Wildman–Crippen MR) is 152 cm³/mol. The van der Waals surface area contributed by atoms with Gasteiger partial charge in [0.1, 0.15) is 4.90 Å². The normalized spacial score (nSPS) is 17.7. The second kappa shape index (κ2) is 10.4. The molecule has 0 saturated heterocycles. The van der Waals surface area contributed by atoms with Crippen LogP contribution in [0.2, 0.25) is 0 Å². The molecule has 0 radical (unpaired) electrons. The molecule has 0 saturated carbocycles. The first-order valence-electron chi connectivity index (χ1n) is 11.9. The molecule has 13 nitrogen and oxygen atoms in total. The lowest BCUT2D eigenvalue weighted by atomic mass is 9.90. The highest BCUT2D eigenvalue weighted by atomic mass is 32.2. The van der Waals surface area contributed by atoms with Crippen LogP contribution in [0.1, 0.15) is 17.5 Å². The maximum atomic E-state index is 12.3. The minimum Gasteiger partial charge on any atom is -0.364 e. The van der Waals surface area contributed by atoms with Crippen LogP contribution in [0.4, 0.5) is 17.1 Å². The summed E-state index contributed by atoms with van der Waals surface area (Å²) in [5.74, 6) is 0. The third-order valence-electron chi connectivity index (χ3n) is 6.45. The second-order valence-electron chi connectivity index (χ2n) is 9.28. The topological polar surface area (TPSA) is 220 Å². The van der Waals surface area contributed by atoms with E-state index < -0.39 is 57.2 Å². The molecule has 0 heterocycles. The van der Waals surface area contributed by atoms with Crippen LogP contribution in [0.5, 0.6) is 0 Å². The van der Waals surface area contributed by atoms with Crippen molar-refractivity contribution in [3.63, 3.8) is 0 Å². The van der Waals surface area contributed by atoms with E-state index in [2.05, 4.69) is 15.5 Å². The third kappa shape index (κ3) is 5.82. The Morgan fingerprint density at radius 3 is 2.12 bits per heavy atom. The van der Waals surface area contributed by atoms with Gasteiger partial charge in [-0.1, -0.05) is 36.4 Å². The van der Waals surface area contributed by atoms with Gasteiger partial charge in [0.15, 0.2) is 0 Å². The van der Waals surface area contributed by atoms with E-state index in [0.717, 1.165) is 24.3 Å². The van der Waals surface area contributed by atoms with Gasteiger partial charge in [-0.25, -0.2) is 0 Å². The monoisotopic (exact) mass is 631 g/mol. The van der Waals surface area contributed by atoms with Crippen molar-refractivity contribution in [1.82, 2.24) is 0 Å². The van der Waals surface area contributed by atoms with Crippen molar-refractivity contribution in [1.29, 1.82) is 0 Å². The van der Waals surface area contributed by atoms with E-state index in [1.807, 2.05) is 0 Å². The number of fused-ring (bicyclic) bond motifs is 2. The van der Waals surface area contributed by atoms with Gasteiger partial charge < -0.3 is 10.4 Å². The summed E-state index contributed by atoms with van der Waals surface area (Å²) in [6.07, 6.45) is 0.149. The van der Waals surface area contributed by atoms with Crippen LogP contribution in [0.3, 0.4) is 0 Å². The molecule has 1 aliphatic rings. The lowest BCUT2D eigenvalue weighted by molar-refractivity contribution is 0.0393. The predicted octanol–water partition coefficient (Wildman–Crippen LogP) is 4.64. The first-order chi connectivity index (χ1) is 19.6. The van der Waals surface area contributed by atoms with Crippen molar-refractivity contribution in [3.8, 4) is 0 Å². The molecule has 1 aliphatic carbocycles. The number of benzene rings is 4. The summed E-state index contributed by atoms with van der Waals surface area (Å²) < 4.78 is 101. The zero-order chi connectivity index (χ0) is 30.5. The molecule has 0 fully saturated rings. The number of hydrogen-bond acceptors (Lipinski definition) is 10. The summed E-state index contributed by atoms with van der Waals surface area (Å²) in [5.41, 5.74) is -1.79. The fourth-order valence-electron chi connectivity index (χ4n) is 4.58. The van der Waals surface area contributed by atoms with E-state index in [9.17, 15) is 44.0 Å². The number of rotatable bonds is 7. The van der Waals surface area contributed by atoms with Gasteiger partial charge in [0.05, 0.1) is 15.5 Å². The van der Waals surface area contributed by atoms with Crippen LogP contribution in [0, 0.1) is 0 Å². The Labute approximate surface area is 240 Å². The maximum absolute atomic E-state index is 12.3. The molecular formula is C26H21N3O10S3. The molecule has 0 bridgehead atoms. The Balaban J connectivity index is 1.68. The number of aliphatic hydroxyl groups is 1. The second-order valence-corrected chi connectivity index (χ2v) is 13.6. The van der Waals surface area contributed by atoms with Crippen LogP contribution < -0.4 is 5.32 Å². The molecule has 4 aromatic rings. The van der Waals surface area contributed by atoms with Gasteiger partial charge in [-0.15, -0.1) is 5.11 Å². The summed E-state index contributed by atoms with van der Waals surface area (Å²) in [4.78, 5) is -1.74. The SMILES string of the molecule is O=S(=O)(O)C1=Cc2cc(S(=O)(=O)O)ccc2C(O)(N=Nc2ccc(Nc3ccccc3)c3c(S(=O)(=O)O)cccc23)C1. The molecule has 1 unspecified atom stereocenters. The van der Waals surface area contributed by atoms with E-state index >= 15 is 0 Å². The summed E-state index contributed by atoms with van der Waals surface area (Å²) in [7, 11) is -14.3. The third-order valence-corrected chi connectivity index (χ3v) is 9.12. The van der Waals surface area contributed by atoms with Crippen molar-refractivity contribution in [3.05, 3.63) is 94.9 Å². The molecule has 0 aliphatic heterocycles. The molecule has 218 valence electrons. The average molecular weight is 632 g/mol. The average Bonchev–Trinajstić information content (AvgIpc) is 2.91. The Bertz CT molecular complexity index is 2130. The number of anilines is 2. The van der Waals surface area contributed by atoms with Gasteiger partial charge in [-0.3, -0.25) is 13.7 Å². The molecule has 0 spiro atoms. The highest BCUT2D eigenvalue weighted by molar-refractivity contribution is 7.90. The first-order valence-corrected chi connectivity index (χ1v) is 16.2. The fourth-order valence-corrected chi connectivity index (χ4v) is 6.48. The summed E-state index contributed by atoms with van der Waals surface area (Å²) in [5, 5.41) is 22.8. The first kappa shape index (κ1) is 29.5. The van der Waals surface area contributed by atoms with Gasteiger partial charge in [-0.05, 0) is 54.1 Å². The van der Waals surface area contributed by atoms with Gasteiger partial charge in [0.25, 0.3) is 30.4 Å². The maximum Gasteiger partial charge on any atom is 0.295 e. The van der Waals surface area contributed by atoms with Gasteiger partial charge in [0.2, 0.25) is 5.72 Å². The molecular weight excluding hydrogens is 610 g/mol. The molecule has 5 N–H and O–H groups in total. The summed E-state index contributed by atoms with van der Waals surface area (Å²) in [6.45, 7) is 0. The van der Waals surface area contributed by atoms with E-state index in [4.69, 9.17) is 0 Å². The number of nitrogens with one attached hydrogen (secondary N) is 1. The van der Waals surface area contributed by atoms with Crippen LogP contribution in [-0.4, -0.2) is 44.0 Å². The molecule has 0 aromatic heterocycles. The Kier molecular flexibility index (Phi) is 7.26. The number of nitrogens with zero attached hydrogens (tertiary/aromatic N) is 2. The van der Waals surface area contributed by atoms with Crippen molar-refractivity contribution >= 4 is 64.3 Å². The summed E-state index contributed by atoms with van der Waals surface area (Å²) >= 11 is 0. The van der Waals surface area contributed by atoms with E-state index in [1.54, 1.807) is 30.3 Å². The number of hydrogen-bond donors (Lipinski definition) is 5. The van der Waals surface area contributed by atoms with Crippen molar-refractivity contribution in [2.75, 3.05) is 5.32 Å². The zero-order valence-corrected chi connectivity index (χ0v) is 23.6. The smallest absolute Gasteiger partial charge is 0.295 e. The Morgan fingerprint density at radius 2 is 1.48 bits per heavy atom. The molecule has 4 aromatic carbocycles.